The summed E-state index contributed by atoms with van der Waals surface area (Å²) in [4.78, 5) is 16.3. The molecule has 1 aliphatic heterocycles. The van der Waals surface area contributed by atoms with Crippen LogP contribution in [0.25, 0.3) is 0 Å². The Bertz CT molecular complexity index is 550. The molecule has 0 bridgehead atoms. The molecule has 21 heavy (non-hydrogen) atoms. The van der Waals surface area contributed by atoms with Gasteiger partial charge in [0.15, 0.2) is 0 Å². The monoisotopic (exact) mass is 288 g/mol. The fourth-order valence-corrected chi connectivity index (χ4v) is 3.93. The van der Waals surface area contributed by atoms with E-state index < -0.39 is 5.97 Å². The van der Waals surface area contributed by atoms with E-state index in [0.717, 1.165) is 39.0 Å². The topological polar surface area (TPSA) is 43.8 Å². The third-order valence-corrected chi connectivity index (χ3v) is 5.13. The van der Waals surface area contributed by atoms with Crippen LogP contribution in [0.3, 0.4) is 0 Å². The first kappa shape index (κ1) is 14.5. The van der Waals surface area contributed by atoms with Crippen molar-refractivity contribution in [3.63, 3.8) is 0 Å². The Kier molecular flexibility index (Phi) is 3.76. The molecule has 114 valence electrons. The van der Waals surface area contributed by atoms with Crippen LogP contribution in [-0.2, 0) is 16.8 Å². The molecule has 1 atom stereocenters. The fraction of sp³-hybridized carbons (Fsp3) is 0.588. The summed E-state index contributed by atoms with van der Waals surface area (Å²) in [5.74, 6) is -0.691. The molecule has 1 heterocycles. The number of piperazine rings is 1. The van der Waals surface area contributed by atoms with Crippen LogP contribution in [0, 0.1) is 6.92 Å². The van der Waals surface area contributed by atoms with E-state index in [1.165, 1.54) is 16.7 Å². The number of benzene rings is 1. The molecule has 4 nitrogen and oxygen atoms in total. The van der Waals surface area contributed by atoms with E-state index in [2.05, 4.69) is 42.0 Å². The molecule has 0 saturated carbocycles. The second-order valence-corrected chi connectivity index (χ2v) is 6.55. The largest absolute Gasteiger partial charge is 0.481 e. The normalized spacial score (nSPS) is 26.8. The molecular weight excluding hydrogens is 264 g/mol. The maximum Gasteiger partial charge on any atom is 0.305 e. The number of rotatable bonds is 3. The second kappa shape index (κ2) is 5.43. The average molecular weight is 288 g/mol. The first-order valence-corrected chi connectivity index (χ1v) is 7.77. The average Bonchev–Trinajstić information content (AvgIpc) is 2.78. The Labute approximate surface area is 126 Å². The molecule has 4 heteroatoms. The summed E-state index contributed by atoms with van der Waals surface area (Å²) in [6.45, 7) is 6.04. The van der Waals surface area contributed by atoms with Crippen molar-refractivity contribution >= 4 is 5.97 Å². The molecule has 1 unspecified atom stereocenters. The molecule has 3 rings (SSSR count). The van der Waals surface area contributed by atoms with Crippen LogP contribution in [0.2, 0.25) is 0 Å². The summed E-state index contributed by atoms with van der Waals surface area (Å²) in [6.07, 6.45) is 2.14. The van der Waals surface area contributed by atoms with Crippen molar-refractivity contribution in [2.24, 2.45) is 0 Å². The number of likely N-dealkylation sites (N-methyl/N-ethyl adjacent to an activating group) is 1. The predicted molar refractivity (Wildman–Crippen MR) is 82.5 cm³/mol. The zero-order valence-corrected chi connectivity index (χ0v) is 12.9. The van der Waals surface area contributed by atoms with E-state index >= 15 is 0 Å². The lowest BCUT2D eigenvalue weighted by Gasteiger charge is -2.45. The predicted octanol–water partition coefficient (Wildman–Crippen LogP) is 1.86. The van der Waals surface area contributed by atoms with Crippen molar-refractivity contribution in [2.45, 2.75) is 31.7 Å². The van der Waals surface area contributed by atoms with Gasteiger partial charge < -0.3 is 10.0 Å². The molecular formula is C17H24N2O2. The number of fused-ring (bicyclic) bond motifs is 1. The molecule has 0 radical (unpaired) electrons. The van der Waals surface area contributed by atoms with Gasteiger partial charge in [-0.1, -0.05) is 23.8 Å². The summed E-state index contributed by atoms with van der Waals surface area (Å²) in [6, 6.07) is 6.54. The summed E-state index contributed by atoms with van der Waals surface area (Å²) < 4.78 is 0. The van der Waals surface area contributed by atoms with Crippen LogP contribution in [0.1, 0.15) is 29.5 Å². The van der Waals surface area contributed by atoms with Crippen molar-refractivity contribution in [2.75, 3.05) is 33.2 Å². The highest BCUT2D eigenvalue weighted by atomic mass is 16.4. The van der Waals surface area contributed by atoms with E-state index in [1.807, 2.05) is 0 Å². The third kappa shape index (κ3) is 2.58. The molecule has 0 spiro atoms. The summed E-state index contributed by atoms with van der Waals surface area (Å²) >= 11 is 0. The Morgan fingerprint density at radius 3 is 2.67 bits per heavy atom. The van der Waals surface area contributed by atoms with Gasteiger partial charge in [-0.3, -0.25) is 9.69 Å². The van der Waals surface area contributed by atoms with Crippen molar-refractivity contribution in [3.8, 4) is 0 Å². The third-order valence-electron chi connectivity index (χ3n) is 5.13. The Morgan fingerprint density at radius 2 is 2.00 bits per heavy atom. The summed E-state index contributed by atoms with van der Waals surface area (Å²) in [5.41, 5.74) is 3.52. The molecule has 1 aromatic carbocycles. The number of carboxylic acids is 1. The quantitative estimate of drug-likeness (QED) is 0.922. The molecule has 0 aromatic heterocycles. The minimum absolute atomic E-state index is 0.215. The van der Waals surface area contributed by atoms with E-state index in [1.54, 1.807) is 0 Å². The minimum atomic E-state index is -0.691. The molecule has 0 amide bonds. The fourth-order valence-electron chi connectivity index (χ4n) is 3.93. The van der Waals surface area contributed by atoms with Crippen LogP contribution >= 0.6 is 0 Å². The minimum Gasteiger partial charge on any atom is -0.481 e. The first-order valence-electron chi connectivity index (χ1n) is 7.77. The lowest BCUT2D eigenvalue weighted by atomic mass is 9.85. The number of hydrogen-bond donors (Lipinski definition) is 1. The molecule has 1 saturated heterocycles. The zero-order valence-electron chi connectivity index (χ0n) is 12.9. The number of nitrogens with zero attached hydrogens (tertiary/aromatic N) is 2. The van der Waals surface area contributed by atoms with Gasteiger partial charge in [0.1, 0.15) is 0 Å². The maximum atomic E-state index is 11.5. The van der Waals surface area contributed by atoms with E-state index in [4.69, 9.17) is 0 Å². The number of aliphatic carboxylic acids is 1. The summed E-state index contributed by atoms with van der Waals surface area (Å²) in [5, 5.41) is 9.48. The number of hydrogen-bond acceptors (Lipinski definition) is 3. The van der Waals surface area contributed by atoms with Crippen LogP contribution in [0.4, 0.5) is 0 Å². The van der Waals surface area contributed by atoms with Crippen molar-refractivity contribution in [3.05, 3.63) is 34.9 Å². The van der Waals surface area contributed by atoms with Gasteiger partial charge in [-0.05, 0) is 37.9 Å². The van der Waals surface area contributed by atoms with Gasteiger partial charge in [-0.25, -0.2) is 0 Å². The first-order chi connectivity index (χ1) is 10.0. The van der Waals surface area contributed by atoms with Crippen LogP contribution < -0.4 is 0 Å². The lowest BCUT2D eigenvalue weighted by molar-refractivity contribution is -0.141. The molecule has 1 fully saturated rings. The number of aryl methyl sites for hydroxylation is 2. The highest BCUT2D eigenvalue weighted by Gasteiger charge is 2.45. The van der Waals surface area contributed by atoms with Gasteiger partial charge >= 0.3 is 5.97 Å². The second-order valence-electron chi connectivity index (χ2n) is 6.55. The highest BCUT2D eigenvalue weighted by Crippen LogP contribution is 2.45. The SMILES string of the molecule is Cc1ccc2c(c1)C(CC(=O)O)(N1CCN(C)CC1)CC2. The Hall–Kier alpha value is -1.39. The van der Waals surface area contributed by atoms with E-state index in [-0.39, 0.29) is 12.0 Å². The highest BCUT2D eigenvalue weighted by molar-refractivity contribution is 5.69. The smallest absolute Gasteiger partial charge is 0.305 e. The maximum absolute atomic E-state index is 11.5. The van der Waals surface area contributed by atoms with Gasteiger partial charge in [0, 0.05) is 26.2 Å². The van der Waals surface area contributed by atoms with Crippen molar-refractivity contribution in [1.29, 1.82) is 0 Å². The van der Waals surface area contributed by atoms with Gasteiger partial charge in [-0.2, -0.15) is 0 Å². The molecule has 2 aliphatic rings. The number of carbonyl (C=O) groups is 1. The molecule has 1 aromatic rings. The summed E-state index contributed by atoms with van der Waals surface area (Å²) in [7, 11) is 2.13. The van der Waals surface area contributed by atoms with Gasteiger partial charge in [0.05, 0.1) is 12.0 Å². The van der Waals surface area contributed by atoms with Crippen LogP contribution in [0.5, 0.6) is 0 Å². The molecule has 1 aliphatic carbocycles. The van der Waals surface area contributed by atoms with Crippen LogP contribution in [-0.4, -0.2) is 54.1 Å². The standard InChI is InChI=1S/C17H24N2O2/c1-13-3-4-14-5-6-17(12-16(20)21,15(14)11-13)19-9-7-18(2)8-10-19/h3-4,11H,5-10,12H2,1-2H3,(H,20,21). The van der Waals surface area contributed by atoms with E-state index in [9.17, 15) is 9.90 Å². The zero-order chi connectivity index (χ0) is 15.0. The molecule has 1 N–H and O–H groups in total. The van der Waals surface area contributed by atoms with Crippen molar-refractivity contribution < 1.29 is 9.90 Å². The number of carboxylic acid groups (broad SMARTS) is 1. The van der Waals surface area contributed by atoms with Crippen molar-refractivity contribution in [1.82, 2.24) is 9.80 Å². The van der Waals surface area contributed by atoms with Crippen LogP contribution in [0.15, 0.2) is 18.2 Å². The lowest BCUT2D eigenvalue weighted by Crippen LogP contribution is -2.54. The van der Waals surface area contributed by atoms with Gasteiger partial charge in [0.25, 0.3) is 0 Å². The Balaban J connectivity index is 2.00. The van der Waals surface area contributed by atoms with Gasteiger partial charge in [0.2, 0.25) is 0 Å². The van der Waals surface area contributed by atoms with E-state index in [0.29, 0.717) is 0 Å². The van der Waals surface area contributed by atoms with Gasteiger partial charge in [-0.15, -0.1) is 0 Å². The Morgan fingerprint density at radius 1 is 1.29 bits per heavy atom.